The van der Waals surface area contributed by atoms with E-state index in [9.17, 15) is 0 Å². The van der Waals surface area contributed by atoms with Gasteiger partial charge in [-0.15, -0.1) is 0 Å². The summed E-state index contributed by atoms with van der Waals surface area (Å²) in [6, 6.07) is 37.3. The van der Waals surface area contributed by atoms with Crippen molar-refractivity contribution >= 4 is 27.4 Å². The molecule has 0 radical (unpaired) electrons. The lowest BCUT2D eigenvalue weighted by molar-refractivity contribution is 0.644. The molecule has 0 atom stereocenters. The summed E-state index contributed by atoms with van der Waals surface area (Å²) in [4.78, 5) is 10.6. The second kappa shape index (κ2) is 9.97. The molecule has 2 aliphatic carbocycles. The van der Waals surface area contributed by atoms with Gasteiger partial charge in [-0.05, 0) is 58.0 Å². The molecule has 0 saturated carbocycles. The van der Waals surface area contributed by atoms with Crippen LogP contribution < -0.4 is 0 Å². The summed E-state index contributed by atoms with van der Waals surface area (Å²) in [6.07, 6.45) is 7.21. The molecule has 2 heteroatoms. The van der Waals surface area contributed by atoms with Gasteiger partial charge in [-0.3, -0.25) is 0 Å². The number of benzene rings is 4. The van der Waals surface area contributed by atoms with E-state index in [-0.39, 0.29) is 10.8 Å². The third-order valence-corrected chi connectivity index (χ3v) is 10.2. The molecule has 4 aromatic carbocycles. The van der Waals surface area contributed by atoms with Crippen molar-refractivity contribution in [2.24, 2.45) is 0 Å². The molecule has 0 unspecified atom stereocenters. The first-order valence-electron chi connectivity index (χ1n) is 15.8. The summed E-state index contributed by atoms with van der Waals surface area (Å²) >= 11 is 0. The Hall–Kier alpha value is -5.08. The van der Waals surface area contributed by atoms with E-state index in [0.29, 0.717) is 0 Å². The van der Waals surface area contributed by atoms with E-state index >= 15 is 0 Å². The number of nitrogens with zero attached hydrogens (tertiary/aromatic N) is 2. The normalized spacial score (nSPS) is 17.0. The molecule has 218 valence electrons. The minimum atomic E-state index is -0.0560. The first-order chi connectivity index (χ1) is 21.8. The van der Waals surface area contributed by atoms with Crippen LogP contribution in [0.4, 0.5) is 0 Å². The Morgan fingerprint density at radius 1 is 0.667 bits per heavy atom. The number of hydrogen-bond acceptors (Lipinski definition) is 2. The van der Waals surface area contributed by atoms with Crippen molar-refractivity contribution in [1.29, 1.82) is 0 Å². The molecular weight excluding hydrogens is 544 g/mol. The Morgan fingerprint density at radius 3 is 2.11 bits per heavy atom. The van der Waals surface area contributed by atoms with E-state index < -0.39 is 0 Å². The van der Waals surface area contributed by atoms with E-state index in [1.54, 1.807) is 0 Å². The van der Waals surface area contributed by atoms with Gasteiger partial charge in [-0.2, -0.15) is 0 Å². The highest BCUT2D eigenvalue weighted by molar-refractivity contribution is 6.04. The summed E-state index contributed by atoms with van der Waals surface area (Å²) in [5.74, 6) is 0. The maximum absolute atomic E-state index is 5.28. The second-order valence-electron chi connectivity index (χ2n) is 13.5. The Balaban J connectivity index is 1.23. The zero-order valence-corrected chi connectivity index (χ0v) is 26.4. The van der Waals surface area contributed by atoms with Crippen LogP contribution in [0.3, 0.4) is 0 Å². The molecule has 0 fully saturated rings. The lowest BCUT2D eigenvalue weighted by Crippen LogP contribution is -2.15. The first-order valence-corrected chi connectivity index (χ1v) is 15.8. The van der Waals surface area contributed by atoms with Crippen LogP contribution in [-0.2, 0) is 17.3 Å². The largest absolute Gasteiger partial charge is 0.245 e. The van der Waals surface area contributed by atoms with Crippen molar-refractivity contribution in [2.45, 2.75) is 44.9 Å². The molecule has 2 nitrogen and oxygen atoms in total. The smallest absolute Gasteiger partial charge is 0.0972 e. The average molecular weight is 581 g/mol. The molecule has 0 aliphatic heterocycles. The monoisotopic (exact) mass is 580 g/mol. The van der Waals surface area contributed by atoms with Gasteiger partial charge in [0.1, 0.15) is 0 Å². The van der Waals surface area contributed by atoms with Crippen LogP contribution >= 0.6 is 0 Å². The molecule has 2 aromatic heterocycles. The highest BCUT2D eigenvalue weighted by atomic mass is 14.8. The molecule has 2 aliphatic rings. The van der Waals surface area contributed by atoms with E-state index in [4.69, 9.17) is 9.97 Å². The number of hydrogen-bond donors (Lipinski definition) is 0. The van der Waals surface area contributed by atoms with Gasteiger partial charge in [0.05, 0.1) is 22.4 Å². The quantitative estimate of drug-likeness (QED) is 0.153. The predicted molar refractivity (Wildman–Crippen MR) is 189 cm³/mol. The summed E-state index contributed by atoms with van der Waals surface area (Å²) in [7, 11) is 0. The van der Waals surface area contributed by atoms with Gasteiger partial charge in [0.2, 0.25) is 0 Å². The third-order valence-electron chi connectivity index (χ3n) is 10.2. The zero-order chi connectivity index (χ0) is 30.9. The zero-order valence-electron chi connectivity index (χ0n) is 26.4. The molecule has 0 N–H and O–H groups in total. The van der Waals surface area contributed by atoms with Crippen molar-refractivity contribution in [3.05, 3.63) is 161 Å². The maximum Gasteiger partial charge on any atom is 0.0972 e. The van der Waals surface area contributed by atoms with E-state index in [0.717, 1.165) is 50.8 Å². The van der Waals surface area contributed by atoms with Crippen molar-refractivity contribution in [3.8, 4) is 22.4 Å². The van der Waals surface area contributed by atoms with Crippen molar-refractivity contribution < 1.29 is 0 Å². The maximum atomic E-state index is 5.28. The SMILES string of the molecule is C=C/C=C(\C=C1/Cc2ccccc2C1(C)C)c1ccc2ccc3ccc(-c4ccc5c(c4)C(C)(C)c4ccccc4-5)nc3c2n1. The van der Waals surface area contributed by atoms with Crippen LogP contribution in [0.25, 0.3) is 49.8 Å². The van der Waals surface area contributed by atoms with Crippen LogP contribution in [0.15, 0.2) is 134 Å². The molecule has 45 heavy (non-hydrogen) atoms. The van der Waals surface area contributed by atoms with Gasteiger partial charge in [0.15, 0.2) is 0 Å². The van der Waals surface area contributed by atoms with Crippen molar-refractivity contribution in [1.82, 2.24) is 9.97 Å². The van der Waals surface area contributed by atoms with Crippen LogP contribution in [0.5, 0.6) is 0 Å². The van der Waals surface area contributed by atoms with Gasteiger partial charge >= 0.3 is 0 Å². The Labute approximate surface area is 265 Å². The van der Waals surface area contributed by atoms with Gasteiger partial charge in [-0.25, -0.2) is 9.97 Å². The van der Waals surface area contributed by atoms with Crippen LogP contribution in [0.2, 0.25) is 0 Å². The molecule has 2 heterocycles. The Kier molecular flexibility index (Phi) is 6.09. The third kappa shape index (κ3) is 4.24. The number of fused-ring (bicyclic) bond motifs is 7. The summed E-state index contributed by atoms with van der Waals surface area (Å²) < 4.78 is 0. The fourth-order valence-corrected chi connectivity index (χ4v) is 7.59. The summed E-state index contributed by atoms with van der Waals surface area (Å²) in [6.45, 7) is 13.3. The molecule has 0 bridgehead atoms. The standard InChI is InChI=1S/C43H36N2/c1-6-11-30(25-32-24-29-12-7-9-14-35(29)42(32,2)3)38-22-19-27-16-17-28-20-23-39(45-41(28)40(27)44-38)31-18-21-34-33-13-8-10-15-36(33)43(4,5)37(34)26-31/h6-23,25-26H,1,24H2,2-5H3/b30-11+,32-25+. The molecule has 0 spiro atoms. The molecular formula is C43H36N2. The van der Waals surface area contributed by atoms with Crippen molar-refractivity contribution in [2.75, 3.05) is 0 Å². The second-order valence-corrected chi connectivity index (χ2v) is 13.5. The van der Waals surface area contributed by atoms with Crippen LogP contribution in [-0.4, -0.2) is 9.97 Å². The number of aromatic nitrogens is 2. The minimum absolute atomic E-state index is 0.0390. The van der Waals surface area contributed by atoms with E-state index in [1.165, 1.54) is 39.0 Å². The van der Waals surface area contributed by atoms with E-state index in [1.807, 2.05) is 6.08 Å². The average Bonchev–Trinajstić information content (AvgIpc) is 3.45. The highest BCUT2D eigenvalue weighted by Crippen LogP contribution is 2.49. The van der Waals surface area contributed by atoms with Crippen molar-refractivity contribution in [3.63, 3.8) is 0 Å². The Bertz CT molecular complexity index is 2260. The topological polar surface area (TPSA) is 25.8 Å². The molecule has 6 aromatic rings. The number of allylic oxidation sites excluding steroid dienone is 5. The van der Waals surface area contributed by atoms with Gasteiger partial charge in [0.25, 0.3) is 0 Å². The van der Waals surface area contributed by atoms with E-state index in [2.05, 4.69) is 150 Å². The number of rotatable bonds is 4. The molecule has 0 amide bonds. The fourth-order valence-electron chi connectivity index (χ4n) is 7.59. The lowest BCUT2D eigenvalue weighted by Gasteiger charge is -2.22. The predicted octanol–water partition coefficient (Wildman–Crippen LogP) is 10.8. The number of pyridine rings is 2. The highest BCUT2D eigenvalue weighted by Gasteiger charge is 2.36. The first kappa shape index (κ1) is 27.5. The van der Waals surface area contributed by atoms with Crippen LogP contribution in [0.1, 0.15) is 55.6 Å². The van der Waals surface area contributed by atoms with Gasteiger partial charge in [-0.1, -0.05) is 143 Å². The summed E-state index contributed by atoms with van der Waals surface area (Å²) in [5.41, 5.74) is 15.4. The van der Waals surface area contributed by atoms with Gasteiger partial charge < -0.3 is 0 Å². The van der Waals surface area contributed by atoms with Crippen LogP contribution in [0, 0.1) is 0 Å². The minimum Gasteiger partial charge on any atom is -0.245 e. The van der Waals surface area contributed by atoms with Gasteiger partial charge in [0, 0.05) is 32.7 Å². The Morgan fingerprint density at radius 2 is 1.33 bits per heavy atom. The lowest BCUT2D eigenvalue weighted by atomic mass is 9.82. The summed E-state index contributed by atoms with van der Waals surface area (Å²) in [5, 5.41) is 2.17. The molecule has 8 rings (SSSR count). The fraction of sp³-hybridized carbons (Fsp3) is 0.163. The molecule has 0 saturated heterocycles.